The summed E-state index contributed by atoms with van der Waals surface area (Å²) in [6.07, 6.45) is 3.26. The summed E-state index contributed by atoms with van der Waals surface area (Å²) in [6, 6.07) is 14.5. The fraction of sp³-hybridized carbons (Fsp3) is 0.227. The van der Waals surface area contributed by atoms with Crippen LogP contribution in [-0.4, -0.2) is 40.1 Å². The van der Waals surface area contributed by atoms with Crippen molar-refractivity contribution in [1.29, 1.82) is 0 Å². The first-order chi connectivity index (χ1) is 14.6. The Kier molecular flexibility index (Phi) is 5.74. The maximum atomic E-state index is 13.4. The van der Waals surface area contributed by atoms with E-state index in [1.807, 2.05) is 6.07 Å². The number of piperidine rings is 1. The van der Waals surface area contributed by atoms with Crippen LogP contribution in [0, 0.1) is 5.82 Å². The molecule has 3 N–H and O–H groups in total. The topological polar surface area (TPSA) is 90.1 Å². The molecule has 1 saturated heterocycles. The number of carbonyl (C=O) groups excluding carboxylic acids is 2. The van der Waals surface area contributed by atoms with Crippen molar-refractivity contribution in [3.8, 4) is 0 Å². The Morgan fingerprint density at radius 1 is 1.10 bits per heavy atom. The van der Waals surface area contributed by atoms with Crippen molar-refractivity contribution in [3.05, 3.63) is 77.9 Å². The number of rotatable bonds is 4. The molecule has 1 aliphatic heterocycles. The molecule has 0 spiro atoms. The van der Waals surface area contributed by atoms with Gasteiger partial charge in [0.15, 0.2) is 0 Å². The molecule has 1 aromatic heterocycles. The van der Waals surface area contributed by atoms with Crippen molar-refractivity contribution in [1.82, 2.24) is 15.1 Å². The summed E-state index contributed by atoms with van der Waals surface area (Å²) in [6.45, 7) is 1.08. The summed E-state index contributed by atoms with van der Waals surface area (Å²) in [5, 5.41) is 12.7. The van der Waals surface area contributed by atoms with Crippen LogP contribution in [0.15, 0.2) is 60.8 Å². The van der Waals surface area contributed by atoms with Gasteiger partial charge in [-0.1, -0.05) is 24.3 Å². The fourth-order valence-corrected chi connectivity index (χ4v) is 3.66. The third-order valence-corrected chi connectivity index (χ3v) is 5.15. The van der Waals surface area contributed by atoms with Crippen LogP contribution >= 0.6 is 0 Å². The van der Waals surface area contributed by atoms with Gasteiger partial charge in [0, 0.05) is 30.3 Å². The summed E-state index contributed by atoms with van der Waals surface area (Å²) >= 11 is 0. The monoisotopic (exact) mass is 407 g/mol. The molecule has 1 atom stereocenters. The van der Waals surface area contributed by atoms with E-state index in [1.54, 1.807) is 47.5 Å². The molecule has 2 heterocycles. The van der Waals surface area contributed by atoms with Gasteiger partial charge in [-0.25, -0.2) is 9.18 Å². The molecule has 1 unspecified atom stereocenters. The summed E-state index contributed by atoms with van der Waals surface area (Å²) in [5.41, 5.74) is 2.38. The minimum atomic E-state index is -0.402. The Morgan fingerprint density at radius 2 is 1.93 bits per heavy atom. The van der Waals surface area contributed by atoms with E-state index in [9.17, 15) is 14.0 Å². The Hall–Kier alpha value is -3.68. The number of halogens is 1. The van der Waals surface area contributed by atoms with Crippen LogP contribution in [-0.2, 0) is 0 Å². The van der Waals surface area contributed by atoms with Crippen LogP contribution in [0.5, 0.6) is 0 Å². The highest BCUT2D eigenvalue weighted by Gasteiger charge is 2.28. The van der Waals surface area contributed by atoms with Crippen LogP contribution in [0.25, 0.3) is 0 Å². The third-order valence-electron chi connectivity index (χ3n) is 5.15. The highest BCUT2D eigenvalue weighted by atomic mass is 19.1. The Labute approximate surface area is 173 Å². The van der Waals surface area contributed by atoms with E-state index in [-0.39, 0.29) is 17.9 Å². The number of nitrogens with zero attached hydrogens (tertiary/aromatic N) is 2. The maximum absolute atomic E-state index is 13.4. The zero-order chi connectivity index (χ0) is 20.9. The van der Waals surface area contributed by atoms with Gasteiger partial charge in [0.25, 0.3) is 5.91 Å². The molecule has 3 aromatic rings. The smallest absolute Gasteiger partial charge is 0.321 e. The van der Waals surface area contributed by atoms with Crippen molar-refractivity contribution in [2.75, 3.05) is 23.7 Å². The van der Waals surface area contributed by atoms with Crippen LogP contribution in [0.4, 0.5) is 20.6 Å². The van der Waals surface area contributed by atoms with Gasteiger partial charge in [0.1, 0.15) is 5.82 Å². The lowest BCUT2D eigenvalue weighted by Crippen LogP contribution is -2.41. The molecule has 0 bridgehead atoms. The van der Waals surface area contributed by atoms with Crippen molar-refractivity contribution in [2.24, 2.45) is 0 Å². The second-order valence-electron chi connectivity index (χ2n) is 7.24. The summed E-state index contributed by atoms with van der Waals surface area (Å²) in [5.74, 6) is -0.610. The van der Waals surface area contributed by atoms with E-state index in [0.29, 0.717) is 30.0 Å². The number of benzene rings is 2. The number of amides is 3. The van der Waals surface area contributed by atoms with Crippen molar-refractivity contribution >= 4 is 23.3 Å². The SMILES string of the molecule is O=C(Nc1cn[nH]c1C1CCCN(C(=O)Nc2cccc(F)c2)C1)c1ccccc1. The quantitative estimate of drug-likeness (QED) is 0.605. The van der Waals surface area contributed by atoms with E-state index < -0.39 is 5.82 Å². The standard InChI is InChI=1S/C22H22FN5O2/c23-17-9-4-10-18(12-17)25-22(30)28-11-5-8-16(14-28)20-19(13-24-27-20)26-21(29)15-6-2-1-3-7-15/h1-4,6-7,9-10,12-13,16H,5,8,11,14H2,(H,24,27)(H,25,30)(H,26,29). The lowest BCUT2D eigenvalue weighted by molar-refractivity contribution is 0.102. The van der Waals surface area contributed by atoms with Gasteiger partial charge in [-0.3, -0.25) is 9.89 Å². The van der Waals surface area contributed by atoms with E-state index in [1.165, 1.54) is 12.1 Å². The zero-order valence-corrected chi connectivity index (χ0v) is 16.3. The number of anilines is 2. The van der Waals surface area contributed by atoms with Gasteiger partial charge in [-0.2, -0.15) is 5.10 Å². The molecule has 30 heavy (non-hydrogen) atoms. The molecule has 0 saturated carbocycles. The van der Waals surface area contributed by atoms with Crippen LogP contribution in [0.2, 0.25) is 0 Å². The average Bonchev–Trinajstić information content (AvgIpc) is 3.22. The second kappa shape index (κ2) is 8.77. The van der Waals surface area contributed by atoms with Gasteiger partial charge in [-0.05, 0) is 43.2 Å². The Balaban J connectivity index is 1.43. The molecule has 3 amide bonds. The predicted octanol–water partition coefficient (Wildman–Crippen LogP) is 4.21. The largest absolute Gasteiger partial charge is 0.324 e. The molecule has 0 radical (unpaired) electrons. The lowest BCUT2D eigenvalue weighted by atomic mass is 9.94. The van der Waals surface area contributed by atoms with Crippen molar-refractivity contribution in [3.63, 3.8) is 0 Å². The molecule has 4 rings (SSSR count). The average molecular weight is 407 g/mol. The van der Waals surface area contributed by atoms with Gasteiger partial charge < -0.3 is 15.5 Å². The minimum Gasteiger partial charge on any atom is -0.324 e. The number of nitrogens with one attached hydrogen (secondary N) is 3. The summed E-state index contributed by atoms with van der Waals surface area (Å²) in [4.78, 5) is 26.8. The van der Waals surface area contributed by atoms with E-state index in [0.717, 1.165) is 18.5 Å². The number of urea groups is 1. The molecule has 154 valence electrons. The molecule has 0 aliphatic carbocycles. The van der Waals surface area contributed by atoms with Crippen molar-refractivity contribution < 1.29 is 14.0 Å². The number of hydrogen-bond acceptors (Lipinski definition) is 3. The number of likely N-dealkylation sites (tertiary alicyclic amines) is 1. The Bertz CT molecular complexity index is 1040. The minimum absolute atomic E-state index is 0.00517. The van der Waals surface area contributed by atoms with Crippen LogP contribution in [0.3, 0.4) is 0 Å². The van der Waals surface area contributed by atoms with E-state index >= 15 is 0 Å². The Morgan fingerprint density at radius 3 is 2.73 bits per heavy atom. The number of aromatic nitrogens is 2. The molecule has 1 aliphatic rings. The molecule has 1 fully saturated rings. The number of H-pyrrole nitrogens is 1. The molecule has 8 heteroatoms. The van der Waals surface area contributed by atoms with Crippen LogP contribution in [0.1, 0.15) is 34.8 Å². The summed E-state index contributed by atoms with van der Waals surface area (Å²) in [7, 11) is 0. The number of carbonyl (C=O) groups is 2. The highest BCUT2D eigenvalue weighted by Crippen LogP contribution is 2.31. The van der Waals surface area contributed by atoms with Crippen LogP contribution < -0.4 is 10.6 Å². The van der Waals surface area contributed by atoms with Gasteiger partial charge in [0.05, 0.1) is 17.6 Å². The van der Waals surface area contributed by atoms with Crippen molar-refractivity contribution in [2.45, 2.75) is 18.8 Å². The van der Waals surface area contributed by atoms with Gasteiger partial charge in [-0.15, -0.1) is 0 Å². The third kappa shape index (κ3) is 4.48. The number of aromatic amines is 1. The predicted molar refractivity (Wildman–Crippen MR) is 112 cm³/mol. The first-order valence-corrected chi connectivity index (χ1v) is 9.81. The lowest BCUT2D eigenvalue weighted by Gasteiger charge is -2.32. The highest BCUT2D eigenvalue weighted by molar-refractivity contribution is 6.04. The first-order valence-electron chi connectivity index (χ1n) is 9.81. The number of hydrogen-bond donors (Lipinski definition) is 3. The normalized spacial score (nSPS) is 16.2. The maximum Gasteiger partial charge on any atom is 0.321 e. The molecule has 7 nitrogen and oxygen atoms in total. The first kappa shape index (κ1) is 19.6. The molecular weight excluding hydrogens is 385 g/mol. The molecule has 2 aromatic carbocycles. The summed E-state index contributed by atoms with van der Waals surface area (Å²) < 4.78 is 13.4. The van der Waals surface area contributed by atoms with Gasteiger partial charge in [0.2, 0.25) is 0 Å². The second-order valence-corrected chi connectivity index (χ2v) is 7.24. The molecular formula is C22H22FN5O2. The van der Waals surface area contributed by atoms with E-state index in [2.05, 4.69) is 20.8 Å². The van der Waals surface area contributed by atoms with Gasteiger partial charge >= 0.3 is 6.03 Å². The van der Waals surface area contributed by atoms with E-state index in [4.69, 9.17) is 0 Å². The fourth-order valence-electron chi connectivity index (χ4n) is 3.66. The zero-order valence-electron chi connectivity index (χ0n) is 16.3.